The van der Waals surface area contributed by atoms with Crippen LogP contribution < -0.4 is 5.32 Å². The normalized spacial score (nSPS) is 10.7. The summed E-state index contributed by atoms with van der Waals surface area (Å²) in [4.78, 5) is 29.1. The van der Waals surface area contributed by atoms with Crippen molar-refractivity contribution in [2.24, 2.45) is 0 Å². The molecule has 0 saturated carbocycles. The molecule has 1 N–H and O–H groups in total. The molecule has 1 amide bonds. The number of hydrogen-bond acceptors (Lipinski definition) is 6. The van der Waals surface area contributed by atoms with Gasteiger partial charge in [-0.15, -0.1) is 0 Å². The van der Waals surface area contributed by atoms with Crippen LogP contribution >= 0.6 is 23.4 Å². The van der Waals surface area contributed by atoms with E-state index in [4.69, 9.17) is 11.6 Å². The number of carbonyl (C=O) groups is 1. The number of nitrogens with one attached hydrogen (secondary N) is 1. The second kappa shape index (κ2) is 9.63. The first kappa shape index (κ1) is 21.5. The molecule has 0 aliphatic carbocycles. The molecule has 0 bridgehead atoms. The van der Waals surface area contributed by atoms with Crippen LogP contribution in [0.5, 0.6) is 0 Å². The summed E-state index contributed by atoms with van der Waals surface area (Å²) in [6.07, 6.45) is 1.42. The molecular weight excluding hydrogens is 450 g/mol. The standard InChI is InChI=1S/C22H16ClN5O3S/c23-16-8-10-18(11-9-16)32-20-7-2-1-6-19(20)25-21(29)13-27-14-24-22(26-27)15-4-3-5-17(12-15)28(30)31/h1-12,14H,13H2,(H,25,29). The molecule has 1 heterocycles. The number of carbonyl (C=O) groups excluding carboxylic acids is 1. The minimum absolute atomic E-state index is 0.0496. The van der Waals surface area contributed by atoms with Crippen LogP contribution in [0.3, 0.4) is 0 Å². The molecule has 0 aliphatic heterocycles. The van der Waals surface area contributed by atoms with Crippen molar-refractivity contribution in [1.82, 2.24) is 14.8 Å². The molecule has 4 aromatic rings. The summed E-state index contributed by atoms with van der Waals surface area (Å²) in [6.45, 7) is -0.0537. The predicted molar refractivity (Wildman–Crippen MR) is 123 cm³/mol. The van der Waals surface area contributed by atoms with Crippen molar-refractivity contribution in [2.45, 2.75) is 16.3 Å². The Morgan fingerprint density at radius 3 is 2.66 bits per heavy atom. The number of aromatic nitrogens is 3. The van der Waals surface area contributed by atoms with Crippen LogP contribution in [0.25, 0.3) is 11.4 Å². The highest BCUT2D eigenvalue weighted by atomic mass is 35.5. The van der Waals surface area contributed by atoms with E-state index in [1.165, 1.54) is 34.9 Å². The smallest absolute Gasteiger partial charge is 0.270 e. The first-order valence-corrected chi connectivity index (χ1v) is 10.6. The molecule has 3 aromatic carbocycles. The first-order valence-electron chi connectivity index (χ1n) is 9.44. The fourth-order valence-corrected chi connectivity index (χ4v) is 3.91. The summed E-state index contributed by atoms with van der Waals surface area (Å²) < 4.78 is 1.39. The van der Waals surface area contributed by atoms with Crippen molar-refractivity contribution in [3.63, 3.8) is 0 Å². The summed E-state index contributed by atoms with van der Waals surface area (Å²) in [5.41, 5.74) is 1.13. The van der Waals surface area contributed by atoms with Crippen LogP contribution in [0.2, 0.25) is 5.02 Å². The highest BCUT2D eigenvalue weighted by Gasteiger charge is 2.13. The topological polar surface area (TPSA) is 103 Å². The zero-order valence-corrected chi connectivity index (χ0v) is 18.1. The van der Waals surface area contributed by atoms with Crippen molar-refractivity contribution in [3.8, 4) is 11.4 Å². The van der Waals surface area contributed by atoms with E-state index in [-0.39, 0.29) is 18.1 Å². The average molecular weight is 466 g/mol. The lowest BCUT2D eigenvalue weighted by Gasteiger charge is -2.11. The van der Waals surface area contributed by atoms with Gasteiger partial charge < -0.3 is 5.32 Å². The van der Waals surface area contributed by atoms with Gasteiger partial charge >= 0.3 is 0 Å². The molecule has 0 radical (unpaired) electrons. The Kier molecular flexibility index (Phi) is 6.48. The van der Waals surface area contributed by atoms with E-state index in [1.54, 1.807) is 12.1 Å². The molecule has 0 saturated heterocycles. The third-order valence-electron chi connectivity index (χ3n) is 4.36. The van der Waals surface area contributed by atoms with E-state index in [0.29, 0.717) is 22.1 Å². The van der Waals surface area contributed by atoms with E-state index in [9.17, 15) is 14.9 Å². The molecule has 0 unspecified atom stereocenters. The third kappa shape index (κ3) is 5.32. The minimum atomic E-state index is -0.479. The van der Waals surface area contributed by atoms with Crippen molar-refractivity contribution in [2.75, 3.05) is 5.32 Å². The first-order chi connectivity index (χ1) is 15.5. The van der Waals surface area contributed by atoms with Crippen molar-refractivity contribution >= 4 is 40.6 Å². The van der Waals surface area contributed by atoms with E-state index < -0.39 is 4.92 Å². The highest BCUT2D eigenvalue weighted by Crippen LogP contribution is 2.33. The summed E-state index contributed by atoms with van der Waals surface area (Å²) in [5.74, 6) is 0.0323. The number of non-ortho nitro benzene ring substituents is 1. The Morgan fingerprint density at radius 2 is 1.88 bits per heavy atom. The lowest BCUT2D eigenvalue weighted by molar-refractivity contribution is -0.384. The molecule has 10 heteroatoms. The molecule has 160 valence electrons. The number of nitro groups is 1. The number of para-hydroxylation sites is 1. The van der Waals surface area contributed by atoms with E-state index >= 15 is 0 Å². The van der Waals surface area contributed by atoms with Crippen LogP contribution in [-0.2, 0) is 11.3 Å². The highest BCUT2D eigenvalue weighted by molar-refractivity contribution is 7.99. The van der Waals surface area contributed by atoms with Crippen LogP contribution in [0.1, 0.15) is 0 Å². The van der Waals surface area contributed by atoms with Gasteiger partial charge in [0.05, 0.1) is 10.6 Å². The van der Waals surface area contributed by atoms with Crippen LogP contribution in [-0.4, -0.2) is 25.6 Å². The van der Waals surface area contributed by atoms with Gasteiger partial charge in [0.15, 0.2) is 5.82 Å². The van der Waals surface area contributed by atoms with Crippen LogP contribution in [0, 0.1) is 10.1 Å². The molecule has 1 aromatic heterocycles. The van der Waals surface area contributed by atoms with E-state index in [0.717, 1.165) is 9.79 Å². The van der Waals surface area contributed by atoms with Crippen LogP contribution in [0.15, 0.2) is 88.9 Å². The maximum absolute atomic E-state index is 12.6. The minimum Gasteiger partial charge on any atom is -0.323 e. The summed E-state index contributed by atoms with van der Waals surface area (Å²) in [6, 6.07) is 21.0. The number of nitro benzene ring substituents is 1. The zero-order valence-electron chi connectivity index (χ0n) is 16.5. The number of benzene rings is 3. The van der Waals surface area contributed by atoms with Gasteiger partial charge in [0, 0.05) is 32.5 Å². The maximum Gasteiger partial charge on any atom is 0.270 e. The summed E-state index contributed by atoms with van der Waals surface area (Å²) in [7, 11) is 0. The Morgan fingerprint density at radius 1 is 1.09 bits per heavy atom. The molecule has 0 aliphatic rings. The Bertz CT molecular complexity index is 1280. The maximum atomic E-state index is 12.6. The lowest BCUT2D eigenvalue weighted by Crippen LogP contribution is -2.19. The number of anilines is 1. The van der Waals surface area contributed by atoms with Gasteiger partial charge in [-0.25, -0.2) is 9.67 Å². The molecule has 8 nitrogen and oxygen atoms in total. The molecule has 0 fully saturated rings. The number of rotatable bonds is 7. The second-order valence-electron chi connectivity index (χ2n) is 6.67. The second-order valence-corrected chi connectivity index (χ2v) is 8.23. The van der Waals surface area contributed by atoms with Gasteiger partial charge in [-0.2, -0.15) is 5.10 Å². The fourth-order valence-electron chi connectivity index (χ4n) is 2.89. The number of hydrogen-bond donors (Lipinski definition) is 1. The van der Waals surface area contributed by atoms with Crippen molar-refractivity contribution in [3.05, 3.63) is 94.3 Å². The van der Waals surface area contributed by atoms with Gasteiger partial charge in [0.1, 0.15) is 12.9 Å². The van der Waals surface area contributed by atoms with E-state index in [2.05, 4.69) is 15.4 Å². The van der Waals surface area contributed by atoms with Gasteiger partial charge in [0.25, 0.3) is 5.69 Å². The Balaban J connectivity index is 1.44. The van der Waals surface area contributed by atoms with Crippen molar-refractivity contribution in [1.29, 1.82) is 0 Å². The van der Waals surface area contributed by atoms with Gasteiger partial charge in [-0.1, -0.05) is 47.6 Å². The zero-order chi connectivity index (χ0) is 22.5. The SMILES string of the molecule is O=C(Cn1cnc(-c2cccc([N+](=O)[O-])c2)n1)Nc1ccccc1Sc1ccc(Cl)cc1. The predicted octanol–water partition coefficient (Wildman–Crippen LogP) is 5.30. The molecule has 32 heavy (non-hydrogen) atoms. The average Bonchev–Trinajstić information content (AvgIpc) is 3.25. The lowest BCUT2D eigenvalue weighted by atomic mass is 10.2. The van der Waals surface area contributed by atoms with Gasteiger partial charge in [-0.3, -0.25) is 14.9 Å². The number of halogens is 1. The molecule has 0 atom stereocenters. The fraction of sp³-hybridized carbons (Fsp3) is 0.0455. The Labute approximate surface area is 192 Å². The molecular formula is C22H16ClN5O3S. The van der Waals surface area contributed by atoms with E-state index in [1.807, 2.05) is 48.5 Å². The van der Waals surface area contributed by atoms with Crippen molar-refractivity contribution < 1.29 is 9.72 Å². The van der Waals surface area contributed by atoms with Gasteiger partial charge in [-0.05, 0) is 36.4 Å². The molecule has 4 rings (SSSR count). The number of nitrogens with zero attached hydrogens (tertiary/aromatic N) is 4. The monoisotopic (exact) mass is 465 g/mol. The quantitative estimate of drug-likeness (QED) is 0.293. The third-order valence-corrected chi connectivity index (χ3v) is 5.70. The Hall–Kier alpha value is -3.69. The summed E-state index contributed by atoms with van der Waals surface area (Å²) in [5, 5.41) is 18.8. The largest absolute Gasteiger partial charge is 0.323 e. The summed E-state index contributed by atoms with van der Waals surface area (Å²) >= 11 is 7.46. The van der Waals surface area contributed by atoms with Gasteiger partial charge in [0.2, 0.25) is 5.91 Å². The molecule has 0 spiro atoms. The van der Waals surface area contributed by atoms with Crippen LogP contribution in [0.4, 0.5) is 11.4 Å². The number of amides is 1.